The number of likely N-dealkylation sites (tertiary alicyclic amines) is 1. The van der Waals surface area contributed by atoms with Gasteiger partial charge >= 0.3 is 0 Å². The van der Waals surface area contributed by atoms with E-state index in [9.17, 15) is 9.90 Å². The van der Waals surface area contributed by atoms with Crippen molar-refractivity contribution in [3.05, 3.63) is 0 Å². The van der Waals surface area contributed by atoms with Crippen molar-refractivity contribution < 1.29 is 14.6 Å². The van der Waals surface area contributed by atoms with E-state index in [1.165, 1.54) is 12.8 Å². The number of piperidine rings is 1. The fraction of sp³-hybridized carbons (Fsp3) is 0.944. The molecule has 5 heteroatoms. The molecule has 1 amide bonds. The van der Waals surface area contributed by atoms with E-state index in [1.54, 1.807) is 0 Å². The number of amides is 1. The van der Waals surface area contributed by atoms with Crippen LogP contribution in [0.3, 0.4) is 0 Å². The molecule has 0 unspecified atom stereocenters. The van der Waals surface area contributed by atoms with Crippen LogP contribution in [0, 0.1) is 11.3 Å². The van der Waals surface area contributed by atoms with Gasteiger partial charge in [0.05, 0.1) is 19.8 Å². The van der Waals surface area contributed by atoms with Gasteiger partial charge < -0.3 is 14.7 Å². The van der Waals surface area contributed by atoms with Crippen molar-refractivity contribution in [1.82, 2.24) is 9.80 Å². The fourth-order valence-electron chi connectivity index (χ4n) is 4.15. The van der Waals surface area contributed by atoms with Gasteiger partial charge in [-0.15, -0.1) is 0 Å². The Kier molecular flexibility index (Phi) is 5.94. The molecular weight excluding hydrogens is 292 g/mol. The Labute approximate surface area is 140 Å². The molecule has 1 aliphatic carbocycles. The van der Waals surface area contributed by atoms with Gasteiger partial charge in [0.1, 0.15) is 0 Å². The zero-order chi connectivity index (χ0) is 16.1. The van der Waals surface area contributed by atoms with Gasteiger partial charge in [0, 0.05) is 38.0 Å². The molecule has 1 atom stereocenters. The van der Waals surface area contributed by atoms with E-state index in [4.69, 9.17) is 4.74 Å². The van der Waals surface area contributed by atoms with Gasteiger partial charge in [0.2, 0.25) is 5.91 Å². The highest BCUT2D eigenvalue weighted by Crippen LogP contribution is 2.44. The Morgan fingerprint density at radius 3 is 2.70 bits per heavy atom. The Hall–Kier alpha value is -0.650. The minimum Gasteiger partial charge on any atom is -0.396 e. The Morgan fingerprint density at radius 1 is 1.22 bits per heavy atom. The average Bonchev–Trinajstić information content (AvgIpc) is 3.40. The highest BCUT2D eigenvalue weighted by molar-refractivity contribution is 5.76. The number of hydrogen-bond donors (Lipinski definition) is 1. The van der Waals surface area contributed by atoms with Gasteiger partial charge in [-0.3, -0.25) is 9.69 Å². The van der Waals surface area contributed by atoms with Crippen LogP contribution in [0.15, 0.2) is 0 Å². The third-order valence-corrected chi connectivity index (χ3v) is 5.74. The number of aliphatic hydroxyl groups excluding tert-OH is 1. The van der Waals surface area contributed by atoms with Crippen molar-refractivity contribution in [3.63, 3.8) is 0 Å². The first-order valence-electron chi connectivity index (χ1n) is 9.39. The van der Waals surface area contributed by atoms with Crippen LogP contribution in [0.25, 0.3) is 0 Å². The maximum atomic E-state index is 12.5. The predicted molar refractivity (Wildman–Crippen MR) is 89.2 cm³/mol. The zero-order valence-corrected chi connectivity index (χ0v) is 14.3. The van der Waals surface area contributed by atoms with E-state index in [0.29, 0.717) is 6.42 Å². The molecule has 0 aromatic rings. The maximum Gasteiger partial charge on any atom is 0.222 e. The third kappa shape index (κ3) is 4.91. The summed E-state index contributed by atoms with van der Waals surface area (Å²) >= 11 is 0. The van der Waals surface area contributed by atoms with Crippen LogP contribution in [0.1, 0.15) is 44.9 Å². The third-order valence-electron chi connectivity index (χ3n) is 5.74. The lowest BCUT2D eigenvalue weighted by atomic mass is 9.76. The highest BCUT2D eigenvalue weighted by Gasteiger charge is 2.40. The Balaban J connectivity index is 1.42. The summed E-state index contributed by atoms with van der Waals surface area (Å²) in [5.74, 6) is 1.09. The minimum atomic E-state index is -0.0146. The van der Waals surface area contributed by atoms with Crippen molar-refractivity contribution in [2.45, 2.75) is 44.9 Å². The number of hydrogen-bond acceptors (Lipinski definition) is 4. The molecule has 5 nitrogen and oxygen atoms in total. The highest BCUT2D eigenvalue weighted by atomic mass is 16.5. The zero-order valence-electron chi connectivity index (χ0n) is 14.3. The second kappa shape index (κ2) is 7.95. The van der Waals surface area contributed by atoms with Gasteiger partial charge in [-0.05, 0) is 38.1 Å². The first-order valence-corrected chi connectivity index (χ1v) is 9.39. The molecule has 1 N–H and O–H groups in total. The molecule has 3 aliphatic rings. The van der Waals surface area contributed by atoms with Gasteiger partial charge in [0.15, 0.2) is 0 Å². The van der Waals surface area contributed by atoms with Crippen molar-refractivity contribution in [2.24, 2.45) is 11.3 Å². The van der Waals surface area contributed by atoms with Gasteiger partial charge in [-0.2, -0.15) is 0 Å². The van der Waals surface area contributed by atoms with Crippen LogP contribution in [0.4, 0.5) is 0 Å². The predicted octanol–water partition coefficient (Wildman–Crippen LogP) is 1.50. The van der Waals surface area contributed by atoms with Crippen molar-refractivity contribution in [1.29, 1.82) is 0 Å². The minimum absolute atomic E-state index is 0.0146. The fourth-order valence-corrected chi connectivity index (χ4v) is 4.15. The molecule has 132 valence electrons. The number of rotatable bonds is 7. The molecule has 2 aliphatic heterocycles. The topological polar surface area (TPSA) is 53.0 Å². The number of carbonyl (C=O) groups is 1. The summed E-state index contributed by atoms with van der Waals surface area (Å²) in [4.78, 5) is 17.0. The first-order chi connectivity index (χ1) is 11.2. The monoisotopic (exact) mass is 324 g/mol. The number of aliphatic hydroxyl groups is 1. The maximum absolute atomic E-state index is 12.5. The molecule has 0 aromatic heterocycles. The Bertz CT molecular complexity index is 394. The van der Waals surface area contributed by atoms with Crippen LogP contribution in [0.5, 0.6) is 0 Å². The average molecular weight is 324 g/mol. The Morgan fingerprint density at radius 2 is 2.00 bits per heavy atom. The van der Waals surface area contributed by atoms with Gasteiger partial charge in [0.25, 0.3) is 0 Å². The summed E-state index contributed by atoms with van der Waals surface area (Å²) < 4.78 is 5.35. The summed E-state index contributed by atoms with van der Waals surface area (Å²) in [5.41, 5.74) is -0.0146. The van der Waals surface area contributed by atoms with E-state index in [-0.39, 0.29) is 17.9 Å². The summed E-state index contributed by atoms with van der Waals surface area (Å²) in [6.07, 6.45) is 7.44. The molecule has 0 radical (unpaired) electrons. The van der Waals surface area contributed by atoms with E-state index < -0.39 is 0 Å². The van der Waals surface area contributed by atoms with E-state index in [2.05, 4.69) is 4.90 Å². The summed E-state index contributed by atoms with van der Waals surface area (Å²) in [6, 6.07) is 0. The molecule has 2 saturated heterocycles. The van der Waals surface area contributed by atoms with Crippen LogP contribution in [0.2, 0.25) is 0 Å². The second-order valence-electron chi connectivity index (χ2n) is 7.78. The second-order valence-corrected chi connectivity index (χ2v) is 7.78. The molecular formula is C18H32N2O3. The smallest absolute Gasteiger partial charge is 0.222 e. The largest absolute Gasteiger partial charge is 0.396 e. The van der Waals surface area contributed by atoms with E-state index in [0.717, 1.165) is 77.5 Å². The normalized spacial score (nSPS) is 29.7. The molecule has 0 bridgehead atoms. The van der Waals surface area contributed by atoms with Crippen molar-refractivity contribution >= 4 is 5.91 Å². The number of ether oxygens (including phenoxy) is 1. The summed E-state index contributed by atoms with van der Waals surface area (Å²) in [6.45, 7) is 6.51. The quantitative estimate of drug-likeness (QED) is 0.771. The molecule has 1 saturated carbocycles. The number of morpholine rings is 1. The van der Waals surface area contributed by atoms with Crippen LogP contribution >= 0.6 is 0 Å². The first kappa shape index (κ1) is 17.2. The molecule has 0 aromatic carbocycles. The standard InChI is InChI=1S/C18H32N2O3/c21-15-18(13-16-4-5-16)6-2-8-20(14-18)17(22)3-1-7-19-9-11-23-12-10-19/h16,21H,1-15H2/t18-/m1/s1. The van der Waals surface area contributed by atoms with Gasteiger partial charge in [-0.25, -0.2) is 0 Å². The molecule has 3 fully saturated rings. The summed E-state index contributed by atoms with van der Waals surface area (Å²) in [5, 5.41) is 9.91. The molecule has 0 spiro atoms. The van der Waals surface area contributed by atoms with E-state index >= 15 is 0 Å². The number of nitrogens with zero attached hydrogens (tertiary/aromatic N) is 2. The lowest BCUT2D eigenvalue weighted by Crippen LogP contribution is -2.48. The van der Waals surface area contributed by atoms with Crippen LogP contribution in [-0.4, -0.2) is 73.4 Å². The van der Waals surface area contributed by atoms with Crippen molar-refractivity contribution in [3.8, 4) is 0 Å². The van der Waals surface area contributed by atoms with Gasteiger partial charge in [-0.1, -0.05) is 12.8 Å². The summed E-state index contributed by atoms with van der Waals surface area (Å²) in [7, 11) is 0. The van der Waals surface area contributed by atoms with Crippen LogP contribution < -0.4 is 0 Å². The number of carbonyl (C=O) groups excluding carboxylic acids is 1. The molecule has 2 heterocycles. The lowest BCUT2D eigenvalue weighted by molar-refractivity contribution is -0.136. The lowest BCUT2D eigenvalue weighted by Gasteiger charge is -2.42. The van der Waals surface area contributed by atoms with Crippen molar-refractivity contribution in [2.75, 3.05) is 52.5 Å². The SMILES string of the molecule is O=C(CCCN1CCOCC1)N1CCC[C@@](CO)(CC2CC2)C1. The molecule has 23 heavy (non-hydrogen) atoms. The molecule has 3 rings (SSSR count). The van der Waals surface area contributed by atoms with E-state index in [1.807, 2.05) is 4.90 Å². The van der Waals surface area contributed by atoms with Crippen LogP contribution in [-0.2, 0) is 9.53 Å².